The standard InChI is InChI=1S/C17H18FN3OS/c18-14-4-2-1-3-13(14)16-19-20-17(23-16)22-15-11-5-10-6-12(15)9-21(7-10)8-11/h1-4,10-12,15H,5-9H2. The van der Waals surface area contributed by atoms with Crippen LogP contribution >= 0.6 is 11.3 Å². The molecule has 2 atom stereocenters. The number of hydrogen-bond donors (Lipinski definition) is 0. The number of aromatic nitrogens is 2. The van der Waals surface area contributed by atoms with Crippen LogP contribution in [0.25, 0.3) is 10.6 Å². The van der Waals surface area contributed by atoms with Gasteiger partial charge >= 0.3 is 0 Å². The first-order valence-corrected chi connectivity index (χ1v) is 9.05. The van der Waals surface area contributed by atoms with E-state index in [0.29, 0.717) is 27.6 Å². The second kappa shape index (κ2) is 5.24. The summed E-state index contributed by atoms with van der Waals surface area (Å²) in [5.41, 5.74) is 0.496. The molecule has 0 amide bonds. The predicted octanol–water partition coefficient (Wildman–Crippen LogP) is 3.06. The van der Waals surface area contributed by atoms with Gasteiger partial charge in [-0.15, -0.1) is 5.10 Å². The van der Waals surface area contributed by atoms with E-state index in [1.54, 1.807) is 12.1 Å². The first-order valence-electron chi connectivity index (χ1n) is 8.23. The van der Waals surface area contributed by atoms with E-state index in [2.05, 4.69) is 15.1 Å². The minimum atomic E-state index is -0.266. The molecule has 1 saturated carbocycles. The molecule has 120 valence electrons. The van der Waals surface area contributed by atoms with Gasteiger partial charge in [-0.1, -0.05) is 28.6 Å². The van der Waals surface area contributed by atoms with E-state index in [1.165, 1.54) is 36.8 Å². The van der Waals surface area contributed by atoms with Crippen LogP contribution in [0, 0.1) is 23.6 Å². The van der Waals surface area contributed by atoms with Gasteiger partial charge in [-0.05, 0) is 30.9 Å². The Labute approximate surface area is 138 Å². The van der Waals surface area contributed by atoms with Crippen molar-refractivity contribution in [2.75, 3.05) is 19.6 Å². The third-order valence-electron chi connectivity index (χ3n) is 5.45. The van der Waals surface area contributed by atoms with Crippen LogP contribution in [0.15, 0.2) is 24.3 Å². The number of ether oxygens (including phenoxy) is 1. The number of benzene rings is 1. The van der Waals surface area contributed by atoms with Gasteiger partial charge in [-0.3, -0.25) is 0 Å². The van der Waals surface area contributed by atoms with Crippen LogP contribution in [0.3, 0.4) is 0 Å². The minimum absolute atomic E-state index is 0.254. The van der Waals surface area contributed by atoms with Gasteiger partial charge in [0.05, 0.1) is 0 Å². The Hall–Kier alpha value is -1.53. The fraction of sp³-hybridized carbons (Fsp3) is 0.529. The second-order valence-electron chi connectivity index (χ2n) is 7.01. The number of piperidine rings is 3. The van der Waals surface area contributed by atoms with Crippen LogP contribution in [0.1, 0.15) is 12.8 Å². The molecule has 3 aliphatic heterocycles. The van der Waals surface area contributed by atoms with Crippen LogP contribution in [-0.2, 0) is 0 Å². The molecule has 0 N–H and O–H groups in total. The Morgan fingerprint density at radius 2 is 1.87 bits per heavy atom. The average molecular weight is 331 g/mol. The predicted molar refractivity (Wildman–Crippen MR) is 85.9 cm³/mol. The van der Waals surface area contributed by atoms with E-state index in [0.717, 1.165) is 19.0 Å². The summed E-state index contributed by atoms with van der Waals surface area (Å²) in [5.74, 6) is 1.82. The van der Waals surface area contributed by atoms with Gasteiger partial charge in [-0.2, -0.15) is 0 Å². The third kappa shape index (κ3) is 2.35. The SMILES string of the molecule is Fc1ccccc1-c1nnc(OC2C3CC4CC2CN(C4)C3)s1. The lowest BCUT2D eigenvalue weighted by Gasteiger charge is -2.54. The molecule has 1 aliphatic carbocycles. The fourth-order valence-electron chi connectivity index (χ4n) is 4.67. The topological polar surface area (TPSA) is 38.3 Å². The highest BCUT2D eigenvalue weighted by atomic mass is 32.1. The van der Waals surface area contributed by atoms with E-state index in [9.17, 15) is 4.39 Å². The van der Waals surface area contributed by atoms with Gasteiger partial charge in [0, 0.05) is 37.0 Å². The van der Waals surface area contributed by atoms with E-state index in [1.807, 2.05) is 6.07 Å². The summed E-state index contributed by atoms with van der Waals surface area (Å²) in [6, 6.07) is 6.67. The van der Waals surface area contributed by atoms with E-state index in [4.69, 9.17) is 4.74 Å². The van der Waals surface area contributed by atoms with Gasteiger partial charge in [0.1, 0.15) is 11.9 Å². The van der Waals surface area contributed by atoms with E-state index < -0.39 is 0 Å². The molecule has 6 rings (SSSR count). The molecular formula is C17H18FN3OS. The van der Waals surface area contributed by atoms with Crippen molar-refractivity contribution in [3.63, 3.8) is 0 Å². The highest BCUT2D eigenvalue weighted by Crippen LogP contribution is 2.45. The van der Waals surface area contributed by atoms with Crippen LogP contribution < -0.4 is 4.74 Å². The van der Waals surface area contributed by atoms with Crippen molar-refractivity contribution in [2.45, 2.75) is 18.9 Å². The number of hydrogen-bond acceptors (Lipinski definition) is 5. The Morgan fingerprint density at radius 3 is 2.61 bits per heavy atom. The smallest absolute Gasteiger partial charge is 0.294 e. The van der Waals surface area contributed by atoms with Gasteiger partial charge in [-0.25, -0.2) is 4.39 Å². The molecule has 23 heavy (non-hydrogen) atoms. The summed E-state index contributed by atoms with van der Waals surface area (Å²) in [7, 11) is 0. The highest BCUT2D eigenvalue weighted by molar-refractivity contribution is 7.16. The molecule has 3 saturated heterocycles. The Morgan fingerprint density at radius 1 is 1.09 bits per heavy atom. The highest BCUT2D eigenvalue weighted by Gasteiger charge is 2.49. The molecule has 0 radical (unpaired) electrons. The molecule has 4 fully saturated rings. The maximum Gasteiger partial charge on any atom is 0.294 e. The van der Waals surface area contributed by atoms with Crippen molar-refractivity contribution in [2.24, 2.45) is 17.8 Å². The van der Waals surface area contributed by atoms with Crippen molar-refractivity contribution in [3.8, 4) is 15.8 Å². The third-order valence-corrected chi connectivity index (χ3v) is 6.30. The van der Waals surface area contributed by atoms with Crippen molar-refractivity contribution < 1.29 is 9.13 Å². The maximum absolute atomic E-state index is 13.9. The van der Waals surface area contributed by atoms with Crippen LogP contribution in [0.5, 0.6) is 5.19 Å². The lowest BCUT2D eigenvalue weighted by molar-refractivity contribution is -0.0986. The van der Waals surface area contributed by atoms with Crippen molar-refractivity contribution in [1.29, 1.82) is 0 Å². The zero-order valence-electron chi connectivity index (χ0n) is 12.7. The second-order valence-corrected chi connectivity index (χ2v) is 7.95. The lowest BCUT2D eigenvalue weighted by Crippen LogP contribution is -2.61. The molecule has 4 heterocycles. The number of rotatable bonds is 3. The molecule has 6 heteroatoms. The molecule has 0 spiro atoms. The van der Waals surface area contributed by atoms with Gasteiger partial charge < -0.3 is 9.64 Å². The summed E-state index contributed by atoms with van der Waals surface area (Å²) in [6.45, 7) is 3.57. The molecule has 1 aromatic heterocycles. The molecule has 2 unspecified atom stereocenters. The van der Waals surface area contributed by atoms with E-state index >= 15 is 0 Å². The molecule has 2 aromatic rings. The molecule has 1 aromatic carbocycles. The Kier molecular flexibility index (Phi) is 3.16. The monoisotopic (exact) mass is 331 g/mol. The zero-order valence-corrected chi connectivity index (χ0v) is 13.5. The van der Waals surface area contributed by atoms with Gasteiger partial charge in [0.25, 0.3) is 5.19 Å². The van der Waals surface area contributed by atoms with Crippen molar-refractivity contribution >= 4 is 11.3 Å². The largest absolute Gasteiger partial charge is 0.465 e. The quantitative estimate of drug-likeness (QED) is 0.866. The molecule has 4 aliphatic rings. The fourth-order valence-corrected chi connectivity index (χ4v) is 5.44. The van der Waals surface area contributed by atoms with Crippen LogP contribution in [0.2, 0.25) is 0 Å². The summed E-state index contributed by atoms with van der Waals surface area (Å²) in [5, 5.41) is 9.44. The lowest BCUT2D eigenvalue weighted by atomic mass is 9.66. The average Bonchev–Trinajstić information content (AvgIpc) is 2.99. The minimum Gasteiger partial charge on any atom is -0.465 e. The molecule has 4 bridgehead atoms. The first kappa shape index (κ1) is 13.9. The summed E-state index contributed by atoms with van der Waals surface area (Å²) >= 11 is 1.35. The summed E-state index contributed by atoms with van der Waals surface area (Å²) in [4.78, 5) is 2.58. The van der Waals surface area contributed by atoms with E-state index in [-0.39, 0.29) is 11.9 Å². The Bertz CT molecular complexity index is 706. The summed E-state index contributed by atoms with van der Waals surface area (Å²) in [6.07, 6.45) is 2.80. The molecule has 4 nitrogen and oxygen atoms in total. The van der Waals surface area contributed by atoms with Crippen molar-refractivity contribution in [1.82, 2.24) is 15.1 Å². The van der Waals surface area contributed by atoms with Crippen molar-refractivity contribution in [3.05, 3.63) is 30.1 Å². The molecular weight excluding hydrogens is 313 g/mol. The normalized spacial score (nSPS) is 34.7. The number of nitrogens with zero attached hydrogens (tertiary/aromatic N) is 3. The zero-order chi connectivity index (χ0) is 15.4. The maximum atomic E-state index is 13.9. The first-order chi connectivity index (χ1) is 11.3. The van der Waals surface area contributed by atoms with Gasteiger partial charge in [0.2, 0.25) is 0 Å². The van der Waals surface area contributed by atoms with Crippen LogP contribution in [0.4, 0.5) is 4.39 Å². The van der Waals surface area contributed by atoms with Crippen LogP contribution in [-0.4, -0.2) is 40.8 Å². The Balaban J connectivity index is 1.37. The summed E-state index contributed by atoms with van der Waals surface area (Å²) < 4.78 is 20.1. The van der Waals surface area contributed by atoms with Gasteiger partial charge in [0.15, 0.2) is 5.01 Å². The number of halogens is 1.